The molecule has 1 unspecified atom stereocenters. The summed E-state index contributed by atoms with van der Waals surface area (Å²) < 4.78 is 24.8. The molecule has 2 rings (SSSR count). The fourth-order valence-corrected chi connectivity index (χ4v) is 3.49. The molecule has 7 heteroatoms. The second kappa shape index (κ2) is 5.99. The topological polar surface area (TPSA) is 92.5 Å². The van der Waals surface area contributed by atoms with E-state index in [4.69, 9.17) is 5.73 Å². The maximum atomic E-state index is 12.3. The lowest BCUT2D eigenvalue weighted by Gasteiger charge is -2.40. The molecule has 1 saturated heterocycles. The van der Waals surface area contributed by atoms with Gasteiger partial charge in [0, 0.05) is 31.6 Å². The smallest absolute Gasteiger partial charge is 0.224 e. The van der Waals surface area contributed by atoms with Crippen LogP contribution in [0, 0.1) is 5.92 Å². The van der Waals surface area contributed by atoms with Crippen LogP contribution in [-0.4, -0.2) is 50.7 Å². The molecule has 3 N–H and O–H groups in total. The summed E-state index contributed by atoms with van der Waals surface area (Å²) >= 11 is 0. The van der Waals surface area contributed by atoms with E-state index in [0.29, 0.717) is 19.5 Å². The van der Waals surface area contributed by atoms with Crippen LogP contribution in [0.2, 0.25) is 0 Å². The number of carbonyl (C=O) groups excluding carboxylic acids is 1. The van der Waals surface area contributed by atoms with Gasteiger partial charge in [0.1, 0.15) is 0 Å². The Labute approximate surface area is 121 Å². The molecule has 6 nitrogen and oxygen atoms in total. The number of hydrogen-bond donors (Lipinski definition) is 2. The molecule has 0 aromatic rings. The lowest BCUT2D eigenvalue weighted by atomic mass is 9.75. The van der Waals surface area contributed by atoms with E-state index < -0.39 is 10.0 Å². The van der Waals surface area contributed by atoms with E-state index in [1.807, 2.05) is 4.90 Å². The Bertz CT molecular complexity index is 459. The number of hydrogen-bond acceptors (Lipinski definition) is 4. The summed E-state index contributed by atoms with van der Waals surface area (Å²) in [5, 5.41) is 0. The van der Waals surface area contributed by atoms with Crippen LogP contribution >= 0.6 is 0 Å². The largest absolute Gasteiger partial charge is 0.342 e. The molecule has 2 fully saturated rings. The number of amides is 1. The number of nitrogens with zero attached hydrogens (tertiary/aromatic N) is 1. The van der Waals surface area contributed by atoms with E-state index in [0.717, 1.165) is 44.9 Å². The van der Waals surface area contributed by atoms with E-state index >= 15 is 0 Å². The predicted molar refractivity (Wildman–Crippen MR) is 77.5 cm³/mol. The molecule has 1 amide bonds. The van der Waals surface area contributed by atoms with Crippen LogP contribution in [0.5, 0.6) is 0 Å². The van der Waals surface area contributed by atoms with Gasteiger partial charge in [-0.3, -0.25) is 4.79 Å². The molecule has 0 spiro atoms. The van der Waals surface area contributed by atoms with E-state index in [2.05, 4.69) is 4.72 Å². The lowest BCUT2D eigenvalue weighted by Crippen LogP contribution is -2.52. The number of sulfonamides is 1. The van der Waals surface area contributed by atoms with Crippen molar-refractivity contribution < 1.29 is 13.2 Å². The quantitative estimate of drug-likeness (QED) is 0.750. The molecule has 1 aliphatic heterocycles. The van der Waals surface area contributed by atoms with Crippen molar-refractivity contribution >= 4 is 15.9 Å². The van der Waals surface area contributed by atoms with E-state index in [-0.39, 0.29) is 17.4 Å². The monoisotopic (exact) mass is 303 g/mol. The molecule has 0 aromatic carbocycles. The Hall–Kier alpha value is -0.660. The molecule has 0 aromatic heterocycles. The van der Waals surface area contributed by atoms with Gasteiger partial charge < -0.3 is 10.6 Å². The number of carbonyl (C=O) groups is 1. The minimum Gasteiger partial charge on any atom is -0.342 e. The van der Waals surface area contributed by atoms with Crippen molar-refractivity contribution in [1.82, 2.24) is 9.62 Å². The zero-order valence-corrected chi connectivity index (χ0v) is 12.9. The third-order valence-electron chi connectivity index (χ3n) is 4.36. The summed E-state index contributed by atoms with van der Waals surface area (Å²) in [6.45, 7) is 1.82. The van der Waals surface area contributed by atoms with Crippen LogP contribution in [0.25, 0.3) is 0 Å². The Morgan fingerprint density at radius 3 is 2.65 bits per heavy atom. The molecule has 1 aliphatic carbocycles. The van der Waals surface area contributed by atoms with Crippen LogP contribution in [0.3, 0.4) is 0 Å². The first-order valence-electron chi connectivity index (χ1n) is 7.29. The second-order valence-electron chi connectivity index (χ2n) is 6.36. The van der Waals surface area contributed by atoms with Crippen LogP contribution < -0.4 is 10.5 Å². The molecule has 1 saturated carbocycles. The van der Waals surface area contributed by atoms with Gasteiger partial charge >= 0.3 is 0 Å². The maximum absolute atomic E-state index is 12.3. The fraction of sp³-hybridized carbons (Fsp3) is 0.923. The Kier molecular flexibility index (Phi) is 4.71. The average Bonchev–Trinajstić information content (AvgIpc) is 2.34. The van der Waals surface area contributed by atoms with Crippen LogP contribution in [0.4, 0.5) is 0 Å². The molecular formula is C13H25N3O3S. The highest BCUT2D eigenvalue weighted by molar-refractivity contribution is 7.88. The Morgan fingerprint density at radius 2 is 2.10 bits per heavy atom. The number of piperidine rings is 1. The molecule has 1 heterocycles. The second-order valence-corrected chi connectivity index (χ2v) is 8.19. The fourth-order valence-electron chi connectivity index (χ4n) is 2.95. The predicted octanol–water partition coefficient (Wildman–Crippen LogP) is 0.0457. The Balaban J connectivity index is 1.81. The number of likely N-dealkylation sites (tertiary alicyclic amines) is 1. The third-order valence-corrected chi connectivity index (χ3v) is 5.05. The van der Waals surface area contributed by atoms with Crippen molar-refractivity contribution in [1.29, 1.82) is 0 Å². The highest BCUT2D eigenvalue weighted by Crippen LogP contribution is 2.33. The van der Waals surface area contributed by atoms with Crippen molar-refractivity contribution in [3.05, 3.63) is 0 Å². The van der Waals surface area contributed by atoms with Gasteiger partial charge in [-0.15, -0.1) is 0 Å². The first kappa shape index (κ1) is 15.7. The van der Waals surface area contributed by atoms with E-state index in [1.165, 1.54) is 0 Å². The van der Waals surface area contributed by atoms with Gasteiger partial charge in [0.15, 0.2) is 0 Å². The van der Waals surface area contributed by atoms with Crippen molar-refractivity contribution in [3.63, 3.8) is 0 Å². The average molecular weight is 303 g/mol. The van der Waals surface area contributed by atoms with Crippen LogP contribution in [0.1, 0.15) is 38.5 Å². The third kappa shape index (κ3) is 4.43. The minimum atomic E-state index is -3.16. The zero-order valence-electron chi connectivity index (χ0n) is 12.1. The normalized spacial score (nSPS) is 26.1. The van der Waals surface area contributed by atoms with Crippen molar-refractivity contribution in [2.45, 2.75) is 44.1 Å². The number of nitrogens with two attached hydrogens (primary N) is 1. The van der Waals surface area contributed by atoms with Crippen molar-refractivity contribution in [2.75, 3.05) is 25.9 Å². The van der Waals surface area contributed by atoms with Gasteiger partial charge in [-0.25, -0.2) is 13.1 Å². The molecule has 2 aliphatic rings. The summed E-state index contributed by atoms with van der Waals surface area (Å²) in [6.07, 6.45) is 6.47. The van der Waals surface area contributed by atoms with Crippen molar-refractivity contribution in [2.24, 2.45) is 11.7 Å². The van der Waals surface area contributed by atoms with Gasteiger partial charge in [-0.1, -0.05) is 0 Å². The molecule has 20 heavy (non-hydrogen) atoms. The summed E-state index contributed by atoms with van der Waals surface area (Å²) in [5.74, 6) is 0.328. The summed E-state index contributed by atoms with van der Waals surface area (Å²) in [4.78, 5) is 14.1. The highest BCUT2D eigenvalue weighted by Gasteiger charge is 2.36. The van der Waals surface area contributed by atoms with Crippen molar-refractivity contribution in [3.8, 4) is 0 Å². The first-order valence-corrected chi connectivity index (χ1v) is 9.18. The SMILES string of the molecule is CS(=O)(=O)NCC1CCCN(C(=O)CC2(N)CCC2)C1. The first-order chi connectivity index (χ1) is 9.27. The summed E-state index contributed by atoms with van der Waals surface area (Å²) in [5.41, 5.74) is 5.84. The van der Waals surface area contributed by atoms with Crippen LogP contribution in [-0.2, 0) is 14.8 Å². The van der Waals surface area contributed by atoms with Gasteiger partial charge in [-0.05, 0) is 38.0 Å². The molecular weight excluding hydrogens is 278 g/mol. The molecule has 1 atom stereocenters. The van der Waals surface area contributed by atoms with Crippen LogP contribution in [0.15, 0.2) is 0 Å². The molecule has 0 bridgehead atoms. The molecule has 116 valence electrons. The number of rotatable bonds is 5. The standard InChI is InChI=1S/C13H25N3O3S/c1-20(18,19)15-9-11-4-2-7-16(10-11)12(17)8-13(14)5-3-6-13/h11,15H,2-10,14H2,1H3. The van der Waals surface area contributed by atoms with E-state index in [1.54, 1.807) is 0 Å². The van der Waals surface area contributed by atoms with E-state index in [9.17, 15) is 13.2 Å². The minimum absolute atomic E-state index is 0.122. The van der Waals surface area contributed by atoms with Gasteiger partial charge in [0.05, 0.1) is 6.26 Å². The van der Waals surface area contributed by atoms with Gasteiger partial charge in [-0.2, -0.15) is 0 Å². The molecule has 0 radical (unpaired) electrons. The Morgan fingerprint density at radius 1 is 1.40 bits per heavy atom. The number of nitrogens with one attached hydrogen (secondary N) is 1. The highest BCUT2D eigenvalue weighted by atomic mass is 32.2. The zero-order chi connectivity index (χ0) is 14.8. The summed E-state index contributed by atoms with van der Waals surface area (Å²) in [6, 6.07) is 0. The maximum Gasteiger partial charge on any atom is 0.224 e. The summed E-state index contributed by atoms with van der Waals surface area (Å²) in [7, 11) is -3.16. The van der Waals surface area contributed by atoms with Gasteiger partial charge in [0.2, 0.25) is 15.9 Å². The van der Waals surface area contributed by atoms with Gasteiger partial charge in [0.25, 0.3) is 0 Å². The lowest BCUT2D eigenvalue weighted by molar-refractivity contribution is -0.135.